The van der Waals surface area contributed by atoms with Gasteiger partial charge in [-0.25, -0.2) is 0 Å². The molecular formula is C10H20O2Si. The zero-order valence-corrected chi connectivity index (χ0v) is 9.49. The van der Waals surface area contributed by atoms with Crippen molar-refractivity contribution in [3.63, 3.8) is 0 Å². The summed E-state index contributed by atoms with van der Waals surface area (Å²) in [6, 6.07) is 1.25. The van der Waals surface area contributed by atoms with Crippen LogP contribution in [0.25, 0.3) is 0 Å². The standard InChI is InChI=1S/C10H20O2Si/c1-2-6-10(7-3-1)12-13-9-5-4-8-11-13/h10,13H,1-9H2. The van der Waals surface area contributed by atoms with Crippen molar-refractivity contribution < 1.29 is 8.85 Å². The van der Waals surface area contributed by atoms with Crippen molar-refractivity contribution in [2.75, 3.05) is 6.61 Å². The van der Waals surface area contributed by atoms with Crippen LogP contribution >= 0.6 is 0 Å². The quantitative estimate of drug-likeness (QED) is 0.637. The van der Waals surface area contributed by atoms with E-state index >= 15 is 0 Å². The fraction of sp³-hybridized carbons (Fsp3) is 1.00. The largest absolute Gasteiger partial charge is 0.397 e. The van der Waals surface area contributed by atoms with E-state index in [4.69, 9.17) is 8.85 Å². The first-order valence-electron chi connectivity index (χ1n) is 5.72. The van der Waals surface area contributed by atoms with Crippen LogP contribution in [0.4, 0.5) is 0 Å². The van der Waals surface area contributed by atoms with Crippen LogP contribution in [0.5, 0.6) is 0 Å². The van der Waals surface area contributed by atoms with Crippen molar-refractivity contribution in [3.05, 3.63) is 0 Å². The third-order valence-electron chi connectivity index (χ3n) is 3.03. The molecule has 1 atom stereocenters. The molecule has 0 aromatic carbocycles. The second-order valence-corrected chi connectivity index (χ2v) is 6.23. The smallest absolute Gasteiger partial charge is 0.321 e. The fourth-order valence-corrected chi connectivity index (χ4v) is 4.37. The first-order valence-corrected chi connectivity index (χ1v) is 7.48. The Morgan fingerprint density at radius 1 is 1.00 bits per heavy atom. The van der Waals surface area contributed by atoms with Crippen LogP contribution in [0.2, 0.25) is 6.04 Å². The summed E-state index contributed by atoms with van der Waals surface area (Å²) in [4.78, 5) is 0. The van der Waals surface area contributed by atoms with Crippen molar-refractivity contribution in [1.29, 1.82) is 0 Å². The molecule has 76 valence electrons. The minimum absolute atomic E-state index is 0.559. The maximum atomic E-state index is 6.05. The molecular weight excluding hydrogens is 180 g/mol. The van der Waals surface area contributed by atoms with Crippen LogP contribution in [0.1, 0.15) is 44.9 Å². The molecule has 0 spiro atoms. The monoisotopic (exact) mass is 200 g/mol. The minimum atomic E-state index is -1.20. The van der Waals surface area contributed by atoms with Gasteiger partial charge in [-0.05, 0) is 31.7 Å². The molecule has 0 aromatic rings. The number of hydrogen-bond donors (Lipinski definition) is 0. The van der Waals surface area contributed by atoms with Crippen LogP contribution in [0.15, 0.2) is 0 Å². The molecule has 1 heterocycles. The summed E-state index contributed by atoms with van der Waals surface area (Å²) in [5.74, 6) is 0. The van der Waals surface area contributed by atoms with Gasteiger partial charge < -0.3 is 8.85 Å². The zero-order valence-electron chi connectivity index (χ0n) is 8.34. The average Bonchev–Trinajstić information content (AvgIpc) is 2.21. The van der Waals surface area contributed by atoms with E-state index in [9.17, 15) is 0 Å². The Morgan fingerprint density at radius 3 is 2.54 bits per heavy atom. The van der Waals surface area contributed by atoms with Gasteiger partial charge in [0.05, 0.1) is 0 Å². The molecule has 0 radical (unpaired) electrons. The van der Waals surface area contributed by atoms with Gasteiger partial charge in [0.25, 0.3) is 0 Å². The van der Waals surface area contributed by atoms with E-state index in [2.05, 4.69) is 0 Å². The van der Waals surface area contributed by atoms with Gasteiger partial charge in [0.15, 0.2) is 0 Å². The summed E-state index contributed by atoms with van der Waals surface area (Å²) in [6.07, 6.45) is 9.86. The van der Waals surface area contributed by atoms with E-state index in [0.717, 1.165) is 6.61 Å². The third-order valence-corrected chi connectivity index (χ3v) is 5.21. The Balaban J connectivity index is 1.69. The molecule has 1 saturated carbocycles. The van der Waals surface area contributed by atoms with Gasteiger partial charge in [0.2, 0.25) is 0 Å². The minimum Gasteiger partial charge on any atom is -0.397 e. The highest BCUT2D eigenvalue weighted by molar-refractivity contribution is 6.44. The Bertz CT molecular complexity index is 124. The summed E-state index contributed by atoms with van der Waals surface area (Å²) in [5, 5.41) is 0. The van der Waals surface area contributed by atoms with Crippen molar-refractivity contribution in [3.8, 4) is 0 Å². The van der Waals surface area contributed by atoms with E-state index in [0.29, 0.717) is 6.10 Å². The number of hydrogen-bond acceptors (Lipinski definition) is 2. The molecule has 2 nitrogen and oxygen atoms in total. The highest BCUT2D eigenvalue weighted by Gasteiger charge is 2.23. The molecule has 13 heavy (non-hydrogen) atoms. The molecule has 0 bridgehead atoms. The second kappa shape index (κ2) is 5.13. The van der Waals surface area contributed by atoms with E-state index in [1.807, 2.05) is 0 Å². The summed E-state index contributed by atoms with van der Waals surface area (Å²) >= 11 is 0. The molecule has 3 heteroatoms. The summed E-state index contributed by atoms with van der Waals surface area (Å²) in [6.45, 7) is 0.962. The molecule has 1 aliphatic heterocycles. The maximum Gasteiger partial charge on any atom is 0.321 e. The zero-order chi connectivity index (χ0) is 8.93. The van der Waals surface area contributed by atoms with Gasteiger partial charge in [-0.2, -0.15) is 0 Å². The highest BCUT2D eigenvalue weighted by atomic mass is 28.3. The normalized spacial score (nSPS) is 31.8. The lowest BCUT2D eigenvalue weighted by molar-refractivity contribution is 0.0971. The predicted octanol–water partition coefficient (Wildman–Crippen LogP) is 2.37. The molecule has 1 aliphatic carbocycles. The van der Waals surface area contributed by atoms with E-state index in [1.54, 1.807) is 0 Å². The molecule has 2 fully saturated rings. The lowest BCUT2D eigenvalue weighted by atomic mass is 9.98. The lowest BCUT2D eigenvalue weighted by Gasteiger charge is -2.28. The topological polar surface area (TPSA) is 18.5 Å². The highest BCUT2D eigenvalue weighted by Crippen LogP contribution is 2.23. The second-order valence-electron chi connectivity index (χ2n) is 4.19. The van der Waals surface area contributed by atoms with E-state index in [-0.39, 0.29) is 0 Å². The van der Waals surface area contributed by atoms with E-state index in [1.165, 1.54) is 51.0 Å². The molecule has 0 N–H and O–H groups in total. The Morgan fingerprint density at radius 2 is 1.85 bits per heavy atom. The van der Waals surface area contributed by atoms with Crippen LogP contribution < -0.4 is 0 Å². The van der Waals surface area contributed by atoms with Crippen molar-refractivity contribution in [2.24, 2.45) is 0 Å². The van der Waals surface area contributed by atoms with Crippen LogP contribution in [0.3, 0.4) is 0 Å². The SMILES string of the molecule is C1CCC(O[SiH]2CCCCO2)CC1. The van der Waals surface area contributed by atoms with Crippen molar-refractivity contribution >= 4 is 9.28 Å². The summed E-state index contributed by atoms with van der Waals surface area (Å²) in [5.41, 5.74) is 0. The lowest BCUT2D eigenvalue weighted by Crippen LogP contribution is -2.32. The average molecular weight is 200 g/mol. The van der Waals surface area contributed by atoms with Gasteiger partial charge in [0, 0.05) is 12.7 Å². The van der Waals surface area contributed by atoms with Gasteiger partial charge in [-0.1, -0.05) is 19.3 Å². The Kier molecular flexibility index (Phi) is 3.82. The molecule has 0 aromatic heterocycles. The van der Waals surface area contributed by atoms with Gasteiger partial charge in [0.1, 0.15) is 0 Å². The van der Waals surface area contributed by atoms with Crippen LogP contribution in [-0.4, -0.2) is 22.0 Å². The molecule has 1 saturated heterocycles. The summed E-state index contributed by atoms with van der Waals surface area (Å²) in [7, 11) is -1.20. The first-order chi connectivity index (χ1) is 6.45. The van der Waals surface area contributed by atoms with Crippen molar-refractivity contribution in [2.45, 2.75) is 57.1 Å². The van der Waals surface area contributed by atoms with Gasteiger partial charge in [-0.15, -0.1) is 0 Å². The maximum absolute atomic E-state index is 6.05. The first kappa shape index (κ1) is 9.68. The van der Waals surface area contributed by atoms with Crippen LogP contribution in [0, 0.1) is 0 Å². The van der Waals surface area contributed by atoms with E-state index < -0.39 is 9.28 Å². The molecule has 2 rings (SSSR count). The predicted molar refractivity (Wildman–Crippen MR) is 55.1 cm³/mol. The molecule has 0 amide bonds. The fourth-order valence-electron chi connectivity index (χ4n) is 2.23. The third kappa shape index (κ3) is 3.08. The van der Waals surface area contributed by atoms with Crippen LogP contribution in [-0.2, 0) is 8.85 Å². The molecule has 1 unspecified atom stereocenters. The van der Waals surface area contributed by atoms with Gasteiger partial charge >= 0.3 is 9.28 Å². The molecule has 2 aliphatic rings. The van der Waals surface area contributed by atoms with Crippen molar-refractivity contribution in [1.82, 2.24) is 0 Å². The Labute approximate surface area is 82.5 Å². The number of rotatable bonds is 2. The van der Waals surface area contributed by atoms with Gasteiger partial charge in [-0.3, -0.25) is 0 Å². The summed E-state index contributed by atoms with van der Waals surface area (Å²) < 4.78 is 11.7. The Hall–Kier alpha value is 0.137.